The molecule has 0 saturated heterocycles. The number of hydrogen-bond acceptors (Lipinski definition) is 13. The van der Waals surface area contributed by atoms with Crippen LogP contribution < -0.4 is 0 Å². The Morgan fingerprint density at radius 3 is 1.90 bits per heavy atom. The maximum atomic E-state index is 14.1. The minimum Gasteiger partial charge on any atom is -0.459 e. The fourth-order valence-electron chi connectivity index (χ4n) is 8.05. The van der Waals surface area contributed by atoms with Gasteiger partial charge < -0.3 is 38.6 Å². The molecule has 2 aromatic carbocycles. The lowest BCUT2D eigenvalue weighted by molar-refractivity contribution is -0.187. The third-order valence-electron chi connectivity index (χ3n) is 10.6. The number of esters is 5. The van der Waals surface area contributed by atoms with Crippen LogP contribution in [0.1, 0.15) is 95.0 Å². The number of benzene rings is 2. The van der Waals surface area contributed by atoms with E-state index >= 15 is 0 Å². The molecule has 0 aromatic heterocycles. The fraction of sp³-hybridized carbons (Fsp3) is 0.533. The third-order valence-corrected chi connectivity index (χ3v) is 10.6. The first kappa shape index (κ1) is 45.8. The molecule has 58 heavy (non-hydrogen) atoms. The quantitative estimate of drug-likeness (QED) is 0.165. The molecule has 10 atom stereocenters. The third kappa shape index (κ3) is 10.6. The summed E-state index contributed by atoms with van der Waals surface area (Å²) in [6.45, 7) is 19.9. The maximum absolute atomic E-state index is 14.1. The Morgan fingerprint density at radius 2 is 1.33 bits per heavy atom. The van der Waals surface area contributed by atoms with Crippen LogP contribution in [0.25, 0.3) is 0 Å². The number of carbonyl (C=O) groups excluding carboxylic acids is 5. The topological polar surface area (TPSA) is 181 Å². The fourth-order valence-corrected chi connectivity index (χ4v) is 8.05. The predicted molar refractivity (Wildman–Crippen MR) is 212 cm³/mol. The van der Waals surface area contributed by atoms with Crippen molar-refractivity contribution in [3.05, 3.63) is 95.6 Å². The van der Waals surface area contributed by atoms with Crippen molar-refractivity contribution in [3.8, 4) is 0 Å². The first-order chi connectivity index (χ1) is 27.0. The molecule has 2 aliphatic carbocycles. The van der Waals surface area contributed by atoms with Crippen molar-refractivity contribution in [1.29, 1.82) is 0 Å². The molecular formula is C45H58O13. The second kappa shape index (κ2) is 18.4. The van der Waals surface area contributed by atoms with Crippen molar-refractivity contribution in [3.63, 3.8) is 0 Å². The Bertz CT molecular complexity index is 1860. The van der Waals surface area contributed by atoms with E-state index in [1.807, 2.05) is 13.8 Å². The minimum atomic E-state index is -2.24. The van der Waals surface area contributed by atoms with Gasteiger partial charge in [-0.3, -0.25) is 14.4 Å². The Labute approximate surface area is 340 Å². The highest BCUT2D eigenvalue weighted by Crippen LogP contribution is 2.53. The summed E-state index contributed by atoms with van der Waals surface area (Å²) in [7, 11) is 0. The first-order valence-electron chi connectivity index (χ1n) is 19.5. The number of aryl methyl sites for hydroxylation is 1. The zero-order chi connectivity index (χ0) is 43.3. The molecule has 0 heterocycles. The Hall–Kier alpha value is -4.85. The van der Waals surface area contributed by atoms with E-state index in [0.29, 0.717) is 0 Å². The molecule has 2 N–H and O–H groups in total. The summed E-state index contributed by atoms with van der Waals surface area (Å²) >= 11 is 0. The summed E-state index contributed by atoms with van der Waals surface area (Å²) in [5.74, 6) is -6.43. The van der Waals surface area contributed by atoms with Crippen LogP contribution in [0.2, 0.25) is 0 Å². The number of rotatable bonds is 10. The molecule has 0 bridgehead atoms. The molecule has 316 valence electrons. The van der Waals surface area contributed by atoms with E-state index in [1.54, 1.807) is 94.4 Å². The van der Waals surface area contributed by atoms with Gasteiger partial charge in [0.2, 0.25) is 0 Å². The largest absolute Gasteiger partial charge is 0.459 e. The minimum absolute atomic E-state index is 0.00846. The van der Waals surface area contributed by atoms with Crippen molar-refractivity contribution in [1.82, 2.24) is 0 Å². The number of ether oxygens (including phenoxy) is 6. The van der Waals surface area contributed by atoms with Crippen LogP contribution in [0.5, 0.6) is 0 Å². The summed E-state index contributed by atoms with van der Waals surface area (Å²) in [5.41, 5.74) is -4.41. The lowest BCUT2D eigenvalue weighted by Gasteiger charge is -2.46. The van der Waals surface area contributed by atoms with Gasteiger partial charge in [0, 0.05) is 45.1 Å². The highest BCUT2D eigenvalue weighted by molar-refractivity contribution is 5.90. The van der Waals surface area contributed by atoms with Crippen LogP contribution >= 0.6 is 0 Å². The molecule has 0 amide bonds. The Morgan fingerprint density at radius 1 is 0.759 bits per heavy atom. The van der Waals surface area contributed by atoms with Crippen molar-refractivity contribution >= 4 is 29.8 Å². The number of fused-ring (bicyclic) bond motifs is 1. The van der Waals surface area contributed by atoms with Gasteiger partial charge in [0.25, 0.3) is 0 Å². The molecule has 0 aliphatic heterocycles. The summed E-state index contributed by atoms with van der Waals surface area (Å²) in [5, 5.41) is 25.4. The van der Waals surface area contributed by atoms with Crippen molar-refractivity contribution in [2.24, 2.45) is 23.2 Å². The van der Waals surface area contributed by atoms with Crippen LogP contribution in [-0.4, -0.2) is 94.5 Å². The van der Waals surface area contributed by atoms with E-state index in [4.69, 9.17) is 28.4 Å². The average Bonchev–Trinajstić information content (AvgIpc) is 3.33. The van der Waals surface area contributed by atoms with Gasteiger partial charge in [-0.25, -0.2) is 9.59 Å². The van der Waals surface area contributed by atoms with Crippen molar-refractivity contribution in [2.45, 2.75) is 123 Å². The van der Waals surface area contributed by atoms with Gasteiger partial charge in [0.15, 0.2) is 18.3 Å². The highest BCUT2D eigenvalue weighted by Gasteiger charge is 2.68. The molecule has 0 radical (unpaired) electrons. The second-order valence-corrected chi connectivity index (χ2v) is 16.8. The Kier molecular flexibility index (Phi) is 14.5. The van der Waals surface area contributed by atoms with Crippen LogP contribution in [0.4, 0.5) is 0 Å². The second-order valence-electron chi connectivity index (χ2n) is 16.8. The van der Waals surface area contributed by atoms with Gasteiger partial charge in [-0.15, -0.1) is 0 Å². The van der Waals surface area contributed by atoms with E-state index < -0.39 is 101 Å². The summed E-state index contributed by atoms with van der Waals surface area (Å²) in [6, 6.07) is 14.8. The number of aliphatic hydroxyl groups is 2. The smallest absolute Gasteiger partial charge is 0.338 e. The van der Waals surface area contributed by atoms with Crippen LogP contribution in [0.15, 0.2) is 78.9 Å². The number of carbonyl (C=O) groups is 5. The average molecular weight is 807 g/mol. The normalized spacial score (nSPS) is 31.4. The van der Waals surface area contributed by atoms with Crippen LogP contribution in [-0.2, 0) is 42.8 Å². The number of hydrogen-bond donors (Lipinski definition) is 2. The van der Waals surface area contributed by atoms with Gasteiger partial charge in [-0.2, -0.15) is 0 Å². The van der Waals surface area contributed by atoms with Crippen molar-refractivity contribution in [2.75, 3.05) is 6.61 Å². The highest BCUT2D eigenvalue weighted by atomic mass is 16.6. The monoisotopic (exact) mass is 806 g/mol. The summed E-state index contributed by atoms with van der Waals surface area (Å²) < 4.78 is 36.9. The summed E-state index contributed by atoms with van der Waals surface area (Å²) in [6.07, 6.45) is -6.20. The molecule has 2 aromatic rings. The maximum Gasteiger partial charge on any atom is 0.338 e. The van der Waals surface area contributed by atoms with Crippen molar-refractivity contribution < 1.29 is 62.6 Å². The van der Waals surface area contributed by atoms with E-state index in [2.05, 4.69) is 6.58 Å². The lowest BCUT2D eigenvalue weighted by atomic mass is 9.71. The molecule has 13 nitrogen and oxygen atoms in total. The predicted octanol–water partition coefficient (Wildman–Crippen LogP) is 5.87. The standard InChI is InChI=1S/C45H58O13/c1-25(2)23-53-35-28(5)36(54-29(6)46)37(57-42(50)33-19-15-16-26(3)22-33)40(56-31(8)48)43(9,10)21-20-27(4)38(58-41(49)32-17-13-12-14-18-32)45(52)24-44(11,51)39(34(35)45)55-30(7)47/h12-22,25,27,34-40,51-52H,5,23-24H2,1-4,6-11H3/b21-20+/t27-,34-,35-,36-,37+,38-,39+,40+,44+,45+/m0/s1. The Balaban J connectivity index is 2.10. The van der Waals surface area contributed by atoms with E-state index in [9.17, 15) is 34.2 Å². The lowest BCUT2D eigenvalue weighted by Crippen LogP contribution is -2.59. The molecule has 1 fully saturated rings. The van der Waals surface area contributed by atoms with Crippen LogP contribution in [0, 0.1) is 30.1 Å². The zero-order valence-corrected chi connectivity index (χ0v) is 35.1. The van der Waals surface area contributed by atoms with E-state index in [-0.39, 0.29) is 29.2 Å². The van der Waals surface area contributed by atoms with E-state index in [1.165, 1.54) is 13.8 Å². The molecule has 0 spiro atoms. The SMILES string of the molecule is C=C1[C@H](OC(C)=O)[C@@H](OC(=O)c2cccc(C)c2)[C@@H](OC(C)=O)C(C)(C)/C=C/[C@H](C)[C@H](OC(=O)c2ccccc2)[C@@]2(O)C[C@@](C)(O)[C@H](OC(C)=O)[C@@H]2[C@H]1OCC(C)C. The summed E-state index contributed by atoms with van der Waals surface area (Å²) in [4.78, 5) is 66.8. The molecule has 4 rings (SSSR count). The van der Waals surface area contributed by atoms with Gasteiger partial charge in [-0.05, 0) is 49.6 Å². The molecular weight excluding hydrogens is 748 g/mol. The molecule has 1 saturated carbocycles. The van der Waals surface area contributed by atoms with E-state index in [0.717, 1.165) is 19.4 Å². The molecule has 13 heteroatoms. The zero-order valence-electron chi connectivity index (χ0n) is 35.1. The molecule has 0 unspecified atom stereocenters. The van der Waals surface area contributed by atoms with Gasteiger partial charge >= 0.3 is 29.8 Å². The molecule has 2 aliphatic rings. The van der Waals surface area contributed by atoms with Crippen LogP contribution in [0.3, 0.4) is 0 Å². The van der Waals surface area contributed by atoms with Gasteiger partial charge in [-0.1, -0.05) is 89.2 Å². The van der Waals surface area contributed by atoms with Gasteiger partial charge in [0.1, 0.15) is 23.4 Å². The first-order valence-corrected chi connectivity index (χ1v) is 19.5. The van der Waals surface area contributed by atoms with Gasteiger partial charge in [0.05, 0.1) is 23.1 Å².